The van der Waals surface area contributed by atoms with Crippen molar-refractivity contribution in [2.45, 2.75) is 0 Å². The van der Waals surface area contributed by atoms with Gasteiger partial charge in [-0.2, -0.15) is 4.39 Å². The molecule has 0 spiro atoms. The zero-order chi connectivity index (χ0) is 10.4. The number of aromatic nitrogens is 1. The largest absolute Gasteiger partial charge is 0.492 e. The second-order valence-corrected chi connectivity index (χ2v) is 2.39. The summed E-state index contributed by atoms with van der Waals surface area (Å²) < 4.78 is 17.5. The summed E-state index contributed by atoms with van der Waals surface area (Å²) in [5, 5.41) is 10.3. The second kappa shape index (κ2) is 5.00. The Morgan fingerprint density at radius 3 is 3.14 bits per heavy atom. The number of halogens is 1. The van der Waals surface area contributed by atoms with Crippen LogP contribution in [0.25, 0.3) is 0 Å². The molecule has 0 saturated carbocycles. The summed E-state index contributed by atoms with van der Waals surface area (Å²) in [5.41, 5.74) is 0. The van der Waals surface area contributed by atoms with Gasteiger partial charge < -0.3 is 15.2 Å². The fraction of sp³-hybridized carbons (Fsp3) is 0.250. The Labute approximate surface area is 79.5 Å². The highest BCUT2D eigenvalue weighted by Crippen LogP contribution is 2.08. The highest BCUT2D eigenvalue weighted by molar-refractivity contribution is 5.64. The topological polar surface area (TPSA) is 71.5 Å². The number of rotatable bonds is 4. The molecule has 0 aliphatic heterocycles. The van der Waals surface area contributed by atoms with Crippen LogP contribution in [0.1, 0.15) is 0 Å². The standard InChI is InChI=1S/C8H9FN2O3/c9-7-5-6(1-2-10-7)14-4-3-11-8(12)13/h1-2,5,11H,3-4H2,(H,12,13). The third-order valence-corrected chi connectivity index (χ3v) is 1.35. The zero-order valence-electron chi connectivity index (χ0n) is 7.24. The van der Waals surface area contributed by atoms with Crippen LogP contribution in [0.3, 0.4) is 0 Å². The van der Waals surface area contributed by atoms with Gasteiger partial charge in [-0.25, -0.2) is 9.78 Å². The van der Waals surface area contributed by atoms with E-state index in [9.17, 15) is 9.18 Å². The van der Waals surface area contributed by atoms with Crippen molar-refractivity contribution in [3.8, 4) is 5.75 Å². The minimum absolute atomic E-state index is 0.149. The lowest BCUT2D eigenvalue weighted by molar-refractivity contribution is 0.191. The molecule has 1 aromatic rings. The summed E-state index contributed by atoms with van der Waals surface area (Å²) in [6.07, 6.45) is 0.157. The van der Waals surface area contributed by atoms with Crippen LogP contribution in [0.5, 0.6) is 5.75 Å². The average molecular weight is 200 g/mol. The fourth-order valence-corrected chi connectivity index (χ4v) is 0.801. The maximum atomic E-state index is 12.5. The number of ether oxygens (including phenoxy) is 1. The molecule has 0 radical (unpaired) electrons. The first kappa shape index (κ1) is 10.2. The Kier molecular flexibility index (Phi) is 3.66. The molecule has 0 unspecified atom stereocenters. The van der Waals surface area contributed by atoms with Crippen molar-refractivity contribution in [1.29, 1.82) is 0 Å². The molecule has 0 aromatic carbocycles. The number of carboxylic acid groups (broad SMARTS) is 1. The molecule has 1 rings (SSSR count). The number of nitrogens with zero attached hydrogens (tertiary/aromatic N) is 1. The summed E-state index contributed by atoms with van der Waals surface area (Å²) >= 11 is 0. The first-order valence-electron chi connectivity index (χ1n) is 3.89. The number of hydrogen-bond donors (Lipinski definition) is 2. The molecule has 1 heterocycles. The minimum atomic E-state index is -1.12. The van der Waals surface area contributed by atoms with E-state index in [0.29, 0.717) is 5.75 Å². The average Bonchev–Trinajstić information content (AvgIpc) is 2.12. The van der Waals surface area contributed by atoms with Crippen molar-refractivity contribution in [2.24, 2.45) is 0 Å². The first-order chi connectivity index (χ1) is 6.68. The summed E-state index contributed by atoms with van der Waals surface area (Å²) in [7, 11) is 0. The molecule has 6 heteroatoms. The Balaban J connectivity index is 2.28. The van der Waals surface area contributed by atoms with Crippen molar-refractivity contribution >= 4 is 6.09 Å². The third kappa shape index (κ3) is 3.70. The van der Waals surface area contributed by atoms with E-state index in [4.69, 9.17) is 9.84 Å². The van der Waals surface area contributed by atoms with Gasteiger partial charge in [-0.1, -0.05) is 0 Å². The van der Waals surface area contributed by atoms with Crippen LogP contribution in [0.2, 0.25) is 0 Å². The first-order valence-corrected chi connectivity index (χ1v) is 3.89. The third-order valence-electron chi connectivity index (χ3n) is 1.35. The summed E-state index contributed by atoms with van der Waals surface area (Å²) in [4.78, 5) is 13.4. The van der Waals surface area contributed by atoms with Crippen LogP contribution >= 0.6 is 0 Å². The smallest absolute Gasteiger partial charge is 0.404 e. The maximum absolute atomic E-state index is 12.5. The minimum Gasteiger partial charge on any atom is -0.492 e. The van der Waals surface area contributed by atoms with Crippen LogP contribution in [0.4, 0.5) is 9.18 Å². The highest BCUT2D eigenvalue weighted by Gasteiger charge is 1.97. The summed E-state index contributed by atoms with van der Waals surface area (Å²) in [6.45, 7) is 0.301. The van der Waals surface area contributed by atoms with Gasteiger partial charge in [-0.05, 0) is 6.07 Å². The van der Waals surface area contributed by atoms with Crippen LogP contribution in [0, 0.1) is 5.95 Å². The van der Waals surface area contributed by atoms with E-state index < -0.39 is 12.0 Å². The lowest BCUT2D eigenvalue weighted by Gasteiger charge is -2.05. The number of amides is 1. The number of carbonyl (C=O) groups is 1. The molecule has 0 atom stereocenters. The van der Waals surface area contributed by atoms with E-state index in [1.807, 2.05) is 0 Å². The second-order valence-electron chi connectivity index (χ2n) is 2.39. The molecule has 2 N–H and O–H groups in total. The lowest BCUT2D eigenvalue weighted by Crippen LogP contribution is -2.26. The molecule has 0 aliphatic rings. The van der Waals surface area contributed by atoms with Crippen LogP contribution in [0.15, 0.2) is 18.3 Å². The molecule has 0 aliphatic carbocycles. The summed E-state index contributed by atoms with van der Waals surface area (Å²) in [6, 6.07) is 2.62. The van der Waals surface area contributed by atoms with Crippen molar-refractivity contribution in [2.75, 3.05) is 13.2 Å². The Morgan fingerprint density at radius 2 is 2.50 bits per heavy atom. The molecule has 1 amide bonds. The van der Waals surface area contributed by atoms with Crippen molar-refractivity contribution in [3.63, 3.8) is 0 Å². The quantitative estimate of drug-likeness (QED) is 0.558. The van der Waals surface area contributed by atoms with Gasteiger partial charge in [0, 0.05) is 12.3 Å². The molecule has 14 heavy (non-hydrogen) atoms. The van der Waals surface area contributed by atoms with E-state index in [2.05, 4.69) is 10.3 Å². The lowest BCUT2D eigenvalue weighted by atomic mass is 10.4. The van der Waals surface area contributed by atoms with Gasteiger partial charge in [0.2, 0.25) is 5.95 Å². The number of pyridine rings is 1. The van der Waals surface area contributed by atoms with Crippen molar-refractivity contribution in [3.05, 3.63) is 24.3 Å². The Morgan fingerprint density at radius 1 is 1.71 bits per heavy atom. The number of nitrogens with one attached hydrogen (secondary N) is 1. The van der Waals surface area contributed by atoms with E-state index in [1.54, 1.807) is 0 Å². The van der Waals surface area contributed by atoms with Crippen molar-refractivity contribution < 1.29 is 19.0 Å². The van der Waals surface area contributed by atoms with Gasteiger partial charge in [0.25, 0.3) is 0 Å². The van der Waals surface area contributed by atoms with Gasteiger partial charge in [0.15, 0.2) is 0 Å². The van der Waals surface area contributed by atoms with Gasteiger partial charge in [0.05, 0.1) is 6.54 Å². The molecular weight excluding hydrogens is 191 g/mol. The van der Waals surface area contributed by atoms with Crippen LogP contribution < -0.4 is 10.1 Å². The van der Waals surface area contributed by atoms with E-state index in [-0.39, 0.29) is 13.2 Å². The maximum Gasteiger partial charge on any atom is 0.404 e. The SMILES string of the molecule is O=C(O)NCCOc1ccnc(F)c1. The van der Waals surface area contributed by atoms with E-state index in [1.165, 1.54) is 12.3 Å². The van der Waals surface area contributed by atoms with Crippen LogP contribution in [-0.4, -0.2) is 29.3 Å². The molecule has 0 bridgehead atoms. The van der Waals surface area contributed by atoms with Crippen molar-refractivity contribution in [1.82, 2.24) is 10.3 Å². The molecule has 76 valence electrons. The normalized spacial score (nSPS) is 9.50. The summed E-state index contributed by atoms with van der Waals surface area (Å²) in [5.74, 6) is -0.307. The zero-order valence-corrected chi connectivity index (χ0v) is 7.24. The monoisotopic (exact) mass is 200 g/mol. The van der Waals surface area contributed by atoms with E-state index >= 15 is 0 Å². The number of hydrogen-bond acceptors (Lipinski definition) is 3. The molecule has 5 nitrogen and oxygen atoms in total. The van der Waals surface area contributed by atoms with Gasteiger partial charge in [-0.15, -0.1) is 0 Å². The molecule has 0 fully saturated rings. The molecule has 1 aromatic heterocycles. The Bertz CT molecular complexity index is 319. The van der Waals surface area contributed by atoms with Gasteiger partial charge in [-0.3, -0.25) is 0 Å². The fourth-order valence-electron chi connectivity index (χ4n) is 0.801. The van der Waals surface area contributed by atoms with Crippen LogP contribution in [-0.2, 0) is 0 Å². The predicted octanol–water partition coefficient (Wildman–Crippen LogP) is 0.867. The Hall–Kier alpha value is -1.85. The highest BCUT2D eigenvalue weighted by atomic mass is 19.1. The predicted molar refractivity (Wildman–Crippen MR) is 45.7 cm³/mol. The molecule has 0 saturated heterocycles. The van der Waals surface area contributed by atoms with E-state index in [0.717, 1.165) is 6.07 Å². The molecular formula is C8H9FN2O3. The van der Waals surface area contributed by atoms with Gasteiger partial charge in [0.1, 0.15) is 12.4 Å². The van der Waals surface area contributed by atoms with Gasteiger partial charge >= 0.3 is 6.09 Å².